The Hall–Kier alpha value is -3.26. The van der Waals surface area contributed by atoms with E-state index in [-0.39, 0.29) is 17.6 Å². The number of halogens is 1. The third kappa shape index (κ3) is 4.10. The van der Waals surface area contributed by atoms with Crippen LogP contribution in [0.25, 0.3) is 16.2 Å². The number of aromatic nitrogens is 3. The van der Waals surface area contributed by atoms with Crippen molar-refractivity contribution in [1.29, 1.82) is 0 Å². The summed E-state index contributed by atoms with van der Waals surface area (Å²) in [6.07, 6.45) is 3.45. The van der Waals surface area contributed by atoms with Gasteiger partial charge in [0, 0.05) is 30.3 Å². The van der Waals surface area contributed by atoms with Crippen molar-refractivity contribution in [1.82, 2.24) is 14.6 Å². The summed E-state index contributed by atoms with van der Waals surface area (Å²) in [7, 11) is 0. The quantitative estimate of drug-likeness (QED) is 0.473. The minimum absolute atomic E-state index is 0.00184. The molecule has 0 unspecified atom stereocenters. The Morgan fingerprint density at radius 1 is 1.09 bits per heavy atom. The number of rotatable bonds is 4. The van der Waals surface area contributed by atoms with Crippen molar-refractivity contribution in [3.05, 3.63) is 65.6 Å². The summed E-state index contributed by atoms with van der Waals surface area (Å²) >= 11 is 1.53. The number of hydrogen-bond donors (Lipinski definition) is 1. The lowest BCUT2D eigenvalue weighted by Gasteiger charge is -2.30. The molecule has 0 aliphatic carbocycles. The number of amides is 1. The molecule has 1 amide bonds. The summed E-state index contributed by atoms with van der Waals surface area (Å²) in [4.78, 5) is 20.4. The fourth-order valence-electron chi connectivity index (χ4n) is 3.97. The Labute approximate surface area is 189 Å². The fraction of sp³-hybridized carbons (Fsp3) is 0.292. The highest BCUT2D eigenvalue weighted by atomic mass is 32.1. The van der Waals surface area contributed by atoms with Crippen LogP contribution in [0.1, 0.15) is 24.0 Å². The van der Waals surface area contributed by atoms with E-state index in [9.17, 15) is 9.18 Å². The first-order valence-electron chi connectivity index (χ1n) is 10.7. The average Bonchev–Trinajstić information content (AvgIpc) is 3.36. The first-order chi connectivity index (χ1) is 15.5. The second kappa shape index (κ2) is 8.35. The van der Waals surface area contributed by atoms with Crippen LogP contribution in [0.15, 0.2) is 48.7 Å². The van der Waals surface area contributed by atoms with Gasteiger partial charge in [0.25, 0.3) is 0 Å². The van der Waals surface area contributed by atoms with E-state index in [0.717, 1.165) is 53.0 Å². The summed E-state index contributed by atoms with van der Waals surface area (Å²) in [6, 6.07) is 12.3. The van der Waals surface area contributed by atoms with Crippen molar-refractivity contribution >= 4 is 33.0 Å². The van der Waals surface area contributed by atoms with Crippen molar-refractivity contribution in [2.75, 3.05) is 23.3 Å². The van der Waals surface area contributed by atoms with E-state index in [1.54, 1.807) is 16.6 Å². The van der Waals surface area contributed by atoms with Crippen LogP contribution in [0.4, 0.5) is 15.2 Å². The van der Waals surface area contributed by atoms with Crippen LogP contribution in [-0.2, 0) is 4.79 Å². The molecule has 8 heteroatoms. The molecule has 0 saturated carbocycles. The average molecular weight is 450 g/mol. The Morgan fingerprint density at radius 3 is 2.53 bits per heavy atom. The van der Waals surface area contributed by atoms with E-state index >= 15 is 0 Å². The van der Waals surface area contributed by atoms with E-state index in [2.05, 4.69) is 34.1 Å². The molecule has 6 nitrogen and oxygen atoms in total. The third-order valence-corrected chi connectivity index (χ3v) is 7.07. The molecule has 0 radical (unpaired) electrons. The van der Waals surface area contributed by atoms with Crippen LogP contribution in [0.5, 0.6) is 0 Å². The molecule has 0 spiro atoms. The first-order valence-corrected chi connectivity index (χ1v) is 11.5. The summed E-state index contributed by atoms with van der Waals surface area (Å²) in [6.45, 7) is 5.69. The molecule has 1 fully saturated rings. The zero-order chi connectivity index (χ0) is 22.2. The maximum absolute atomic E-state index is 13.2. The molecule has 164 valence electrons. The Morgan fingerprint density at radius 2 is 1.84 bits per heavy atom. The number of nitrogens with one attached hydrogen (secondary N) is 1. The monoisotopic (exact) mass is 449 g/mol. The van der Waals surface area contributed by atoms with Crippen LogP contribution in [-0.4, -0.2) is 33.6 Å². The highest BCUT2D eigenvalue weighted by Crippen LogP contribution is 2.30. The molecule has 3 heterocycles. The third-order valence-electron chi connectivity index (χ3n) is 6.08. The van der Waals surface area contributed by atoms with Gasteiger partial charge in [-0.2, -0.15) is 0 Å². The smallest absolute Gasteiger partial charge is 0.227 e. The standard InChI is InChI=1S/C24H24FN5OS/c1-15-3-8-20(13-16(15)2)26-22(31)18-9-11-29(12-10-18)24-28-30-14-21(27-23(30)32-24)17-4-6-19(25)7-5-17/h3-8,13-14,18H,9-12H2,1-2H3,(H,26,31). The Kier molecular flexibility index (Phi) is 5.38. The predicted octanol–water partition coefficient (Wildman–Crippen LogP) is 5.07. The van der Waals surface area contributed by atoms with Crippen LogP contribution < -0.4 is 10.2 Å². The molecule has 5 rings (SSSR count). The van der Waals surface area contributed by atoms with Gasteiger partial charge in [0.2, 0.25) is 16.0 Å². The summed E-state index contributed by atoms with van der Waals surface area (Å²) in [5.41, 5.74) is 4.89. The van der Waals surface area contributed by atoms with Crippen molar-refractivity contribution in [3.8, 4) is 11.3 Å². The van der Waals surface area contributed by atoms with Gasteiger partial charge < -0.3 is 10.2 Å². The normalized spacial score (nSPS) is 14.8. The molecule has 0 bridgehead atoms. The molecule has 32 heavy (non-hydrogen) atoms. The highest BCUT2D eigenvalue weighted by molar-refractivity contribution is 7.20. The number of benzene rings is 2. The molecule has 0 atom stereocenters. The van der Waals surface area contributed by atoms with Crippen LogP contribution in [0.3, 0.4) is 0 Å². The largest absolute Gasteiger partial charge is 0.347 e. The molecular weight excluding hydrogens is 425 g/mol. The lowest BCUT2D eigenvalue weighted by Crippen LogP contribution is -2.38. The van der Waals surface area contributed by atoms with Gasteiger partial charge in [-0.15, -0.1) is 5.10 Å². The zero-order valence-corrected chi connectivity index (χ0v) is 18.8. The first kappa shape index (κ1) is 20.6. The summed E-state index contributed by atoms with van der Waals surface area (Å²) in [5, 5.41) is 8.66. The van der Waals surface area contributed by atoms with E-state index < -0.39 is 0 Å². The highest BCUT2D eigenvalue weighted by Gasteiger charge is 2.27. The molecule has 2 aromatic carbocycles. The second-order valence-electron chi connectivity index (χ2n) is 8.29. The number of fused-ring (bicyclic) bond motifs is 1. The lowest BCUT2D eigenvalue weighted by molar-refractivity contribution is -0.120. The number of imidazole rings is 1. The van der Waals surface area contributed by atoms with Gasteiger partial charge >= 0.3 is 0 Å². The topological polar surface area (TPSA) is 62.5 Å². The number of hydrogen-bond acceptors (Lipinski definition) is 5. The van der Waals surface area contributed by atoms with Crippen LogP contribution in [0, 0.1) is 25.6 Å². The van der Waals surface area contributed by atoms with Gasteiger partial charge in [0.1, 0.15) is 5.82 Å². The summed E-state index contributed by atoms with van der Waals surface area (Å²) < 4.78 is 14.9. The number of anilines is 2. The minimum Gasteiger partial charge on any atom is -0.347 e. The van der Waals surface area contributed by atoms with E-state index in [1.807, 2.05) is 24.4 Å². The van der Waals surface area contributed by atoms with Crippen molar-refractivity contribution in [2.45, 2.75) is 26.7 Å². The van der Waals surface area contributed by atoms with Crippen molar-refractivity contribution < 1.29 is 9.18 Å². The van der Waals surface area contributed by atoms with E-state index in [4.69, 9.17) is 0 Å². The van der Waals surface area contributed by atoms with Gasteiger partial charge in [-0.1, -0.05) is 17.4 Å². The number of carbonyl (C=O) groups excluding carboxylic acids is 1. The van der Waals surface area contributed by atoms with Crippen molar-refractivity contribution in [3.63, 3.8) is 0 Å². The molecular formula is C24H24FN5OS. The van der Waals surface area contributed by atoms with Gasteiger partial charge in [0.15, 0.2) is 0 Å². The Balaban J connectivity index is 1.22. The molecule has 1 aliphatic rings. The van der Waals surface area contributed by atoms with Gasteiger partial charge in [0.05, 0.1) is 11.9 Å². The minimum atomic E-state index is -0.263. The van der Waals surface area contributed by atoms with Gasteiger partial charge in [-0.25, -0.2) is 13.9 Å². The number of aryl methyl sites for hydroxylation is 2. The van der Waals surface area contributed by atoms with Gasteiger partial charge in [-0.3, -0.25) is 4.79 Å². The summed E-state index contributed by atoms with van der Waals surface area (Å²) in [5.74, 6) is -0.172. The van der Waals surface area contributed by atoms with Crippen LogP contribution in [0.2, 0.25) is 0 Å². The Bertz CT molecular complexity index is 1240. The zero-order valence-electron chi connectivity index (χ0n) is 18.0. The number of nitrogens with zero attached hydrogens (tertiary/aromatic N) is 4. The molecule has 4 aromatic rings. The molecule has 2 aromatic heterocycles. The molecule has 1 N–H and O–H groups in total. The van der Waals surface area contributed by atoms with Crippen LogP contribution >= 0.6 is 11.3 Å². The predicted molar refractivity (Wildman–Crippen MR) is 126 cm³/mol. The fourth-order valence-corrected chi connectivity index (χ4v) is 4.91. The second-order valence-corrected chi connectivity index (χ2v) is 9.23. The number of carbonyl (C=O) groups is 1. The van der Waals surface area contributed by atoms with Gasteiger partial charge in [-0.05, 0) is 74.2 Å². The molecule has 1 aliphatic heterocycles. The lowest BCUT2D eigenvalue weighted by atomic mass is 9.96. The maximum Gasteiger partial charge on any atom is 0.227 e. The number of piperidine rings is 1. The SMILES string of the molecule is Cc1ccc(NC(=O)C2CCN(c3nn4cc(-c5ccc(F)cc5)nc4s3)CC2)cc1C. The van der Waals surface area contributed by atoms with E-state index in [0.29, 0.717) is 0 Å². The maximum atomic E-state index is 13.2. The van der Waals surface area contributed by atoms with Crippen molar-refractivity contribution in [2.24, 2.45) is 5.92 Å². The molecule has 1 saturated heterocycles. The van der Waals surface area contributed by atoms with E-state index in [1.165, 1.54) is 34.6 Å².